The molecule has 0 fully saturated rings. The maximum atomic E-state index is 13.8. The van der Waals surface area contributed by atoms with Crippen LogP contribution in [0.1, 0.15) is 28.4 Å². The number of esters is 1. The second-order valence-electron chi connectivity index (χ2n) is 8.77. The molecule has 0 spiro atoms. The lowest BCUT2D eigenvalue weighted by Crippen LogP contribution is -2.42. The number of aromatic nitrogens is 4. The van der Waals surface area contributed by atoms with Crippen molar-refractivity contribution in [2.75, 3.05) is 6.61 Å². The third-order valence-electron chi connectivity index (χ3n) is 6.12. The van der Waals surface area contributed by atoms with Crippen molar-refractivity contribution in [3.63, 3.8) is 0 Å². The molecule has 0 saturated heterocycles. The fraction of sp³-hybridized carbons (Fsp3) is 0.280. The van der Waals surface area contributed by atoms with E-state index in [0.717, 1.165) is 28.8 Å². The van der Waals surface area contributed by atoms with Gasteiger partial charge < -0.3 is 4.74 Å². The normalized spacial score (nSPS) is 12.2. The molecule has 0 aliphatic carbocycles. The molecular weight excluding hydrogens is 586 g/mol. The van der Waals surface area contributed by atoms with E-state index >= 15 is 0 Å². The van der Waals surface area contributed by atoms with Gasteiger partial charge in [0.25, 0.3) is 5.56 Å². The number of hydrogen-bond donors (Lipinski definition) is 0. The summed E-state index contributed by atoms with van der Waals surface area (Å²) in [5, 5.41) is -0.713. The largest absolute Gasteiger partial charge is 0.462 e. The summed E-state index contributed by atoms with van der Waals surface area (Å²) in [6.45, 7) is -1.56. The van der Waals surface area contributed by atoms with Crippen molar-refractivity contribution in [1.82, 2.24) is 18.3 Å². The van der Waals surface area contributed by atoms with Crippen LogP contribution in [0.3, 0.4) is 0 Å². The number of benzene rings is 2. The minimum atomic E-state index is -4.99. The number of imidazole rings is 1. The van der Waals surface area contributed by atoms with Gasteiger partial charge in [-0.05, 0) is 30.7 Å². The predicted molar refractivity (Wildman–Crippen MR) is 135 cm³/mol. The van der Waals surface area contributed by atoms with E-state index in [9.17, 15) is 45.5 Å². The van der Waals surface area contributed by atoms with Gasteiger partial charge in [0, 0.05) is 13.2 Å². The number of halogens is 7. The third kappa shape index (κ3) is 5.53. The fourth-order valence-corrected chi connectivity index (χ4v) is 4.72. The zero-order chi connectivity index (χ0) is 30.4. The summed E-state index contributed by atoms with van der Waals surface area (Å²) >= 11 is 5.77. The van der Waals surface area contributed by atoms with Gasteiger partial charge in [0.05, 0.1) is 40.5 Å². The lowest BCUT2D eigenvalue weighted by atomic mass is 10.1. The van der Waals surface area contributed by atoms with Gasteiger partial charge in [-0.2, -0.15) is 26.3 Å². The number of para-hydroxylation sites is 1. The highest BCUT2D eigenvalue weighted by molar-refractivity contribution is 6.31. The molecule has 0 N–H and O–H groups in total. The Morgan fingerprint density at radius 3 is 2.22 bits per heavy atom. The molecule has 0 radical (unpaired) electrons. The zero-order valence-corrected chi connectivity index (χ0v) is 21.9. The number of rotatable bonds is 6. The quantitative estimate of drug-likeness (QED) is 0.244. The van der Waals surface area contributed by atoms with Gasteiger partial charge in [0.1, 0.15) is 12.1 Å². The lowest BCUT2D eigenvalue weighted by molar-refractivity contribution is -0.140. The van der Waals surface area contributed by atoms with E-state index in [2.05, 4.69) is 0 Å². The molecule has 16 heteroatoms. The highest BCUT2D eigenvalue weighted by atomic mass is 35.5. The van der Waals surface area contributed by atoms with Gasteiger partial charge in [-0.15, -0.1) is 0 Å². The number of aryl methyl sites for hydroxylation is 1. The van der Waals surface area contributed by atoms with Crippen molar-refractivity contribution >= 4 is 28.6 Å². The van der Waals surface area contributed by atoms with Gasteiger partial charge in [-0.1, -0.05) is 29.8 Å². The highest BCUT2D eigenvalue weighted by Gasteiger charge is 2.36. The molecule has 41 heavy (non-hydrogen) atoms. The minimum absolute atomic E-state index is 0.0340. The molecule has 218 valence electrons. The second-order valence-corrected chi connectivity index (χ2v) is 9.17. The number of ether oxygens (including phenoxy) is 1. The number of carbonyl (C=O) groups is 1. The Kier molecular flexibility index (Phi) is 7.69. The van der Waals surface area contributed by atoms with Crippen molar-refractivity contribution in [1.29, 1.82) is 0 Å². The Morgan fingerprint density at radius 1 is 0.951 bits per heavy atom. The van der Waals surface area contributed by atoms with Crippen molar-refractivity contribution < 1.29 is 35.9 Å². The third-order valence-corrected chi connectivity index (χ3v) is 6.43. The Labute approximate surface area is 230 Å². The van der Waals surface area contributed by atoms with Crippen LogP contribution in [0, 0.1) is 0 Å². The molecular formula is C25H19ClF6N4O5. The van der Waals surface area contributed by atoms with Gasteiger partial charge in [0.15, 0.2) is 0 Å². The smallest absolute Gasteiger partial charge is 0.418 e. The van der Waals surface area contributed by atoms with E-state index in [1.165, 1.54) is 26.1 Å². The number of hydrogen-bond acceptors (Lipinski definition) is 5. The maximum Gasteiger partial charge on any atom is 0.418 e. The Bertz CT molecular complexity index is 1850. The molecule has 0 unspecified atom stereocenters. The van der Waals surface area contributed by atoms with E-state index < -0.39 is 70.1 Å². The lowest BCUT2D eigenvalue weighted by Gasteiger charge is -2.17. The van der Waals surface area contributed by atoms with Gasteiger partial charge in [0.2, 0.25) is 0 Å². The Balaban J connectivity index is 2.09. The summed E-state index contributed by atoms with van der Waals surface area (Å²) in [4.78, 5) is 52.3. The number of carbonyl (C=O) groups excluding carboxylic acids is 1. The van der Waals surface area contributed by atoms with Gasteiger partial charge in [-0.25, -0.2) is 14.4 Å². The number of nitrogens with zero attached hydrogens (tertiary/aromatic N) is 4. The van der Waals surface area contributed by atoms with Crippen molar-refractivity contribution in [2.45, 2.75) is 32.4 Å². The van der Waals surface area contributed by atoms with Crippen molar-refractivity contribution in [3.05, 3.63) is 95.6 Å². The van der Waals surface area contributed by atoms with Crippen LogP contribution in [0.15, 0.2) is 57.0 Å². The molecule has 4 aromatic rings. The molecule has 0 bridgehead atoms. The SMILES string of the molecule is CCOC(=O)c1cn(-c2cccc3c2n(CC(F)(F)F)c(=O)n3C)c(=O)n(Cc2cccc(Cl)c2C(F)(F)F)c1=O. The van der Waals surface area contributed by atoms with E-state index in [1.54, 1.807) is 0 Å². The molecule has 0 atom stereocenters. The summed E-state index contributed by atoms with van der Waals surface area (Å²) < 4.78 is 88.7. The fourth-order valence-electron chi connectivity index (χ4n) is 4.42. The van der Waals surface area contributed by atoms with Crippen molar-refractivity contribution in [3.8, 4) is 5.69 Å². The summed E-state index contributed by atoms with van der Waals surface area (Å²) in [5.41, 5.74) is -7.18. The van der Waals surface area contributed by atoms with Crippen LogP contribution in [-0.2, 0) is 31.1 Å². The molecule has 2 aromatic heterocycles. The van der Waals surface area contributed by atoms with Gasteiger partial charge >= 0.3 is 29.7 Å². The van der Waals surface area contributed by atoms with Crippen LogP contribution in [0.25, 0.3) is 16.7 Å². The first-order chi connectivity index (χ1) is 19.1. The van der Waals surface area contributed by atoms with E-state index in [0.29, 0.717) is 19.9 Å². The van der Waals surface area contributed by atoms with Gasteiger partial charge in [-0.3, -0.25) is 23.1 Å². The van der Waals surface area contributed by atoms with Crippen LogP contribution in [-0.4, -0.2) is 37.0 Å². The number of alkyl halides is 6. The first-order valence-corrected chi connectivity index (χ1v) is 12.1. The van der Waals surface area contributed by atoms with Crippen molar-refractivity contribution in [2.24, 2.45) is 7.05 Å². The summed E-state index contributed by atoms with van der Waals surface area (Å²) in [6, 6.07) is 6.86. The molecule has 4 rings (SSSR count). The zero-order valence-electron chi connectivity index (χ0n) is 21.1. The highest BCUT2D eigenvalue weighted by Crippen LogP contribution is 2.37. The molecule has 9 nitrogen and oxygen atoms in total. The molecule has 0 aliphatic heterocycles. The first kappa shape index (κ1) is 29.7. The predicted octanol–water partition coefficient (Wildman–Crippen LogP) is 4.11. The van der Waals surface area contributed by atoms with Crippen LogP contribution >= 0.6 is 11.6 Å². The Morgan fingerprint density at radius 2 is 1.61 bits per heavy atom. The maximum absolute atomic E-state index is 13.8. The average Bonchev–Trinajstić information content (AvgIpc) is 3.10. The minimum Gasteiger partial charge on any atom is -0.462 e. The topological polar surface area (TPSA) is 97.2 Å². The number of fused-ring (bicyclic) bond motifs is 1. The standard InChI is InChI=1S/C25H19ClF6N4O5/c1-3-41-21(38)14-11-34(17-9-5-8-16-19(17)36(12-24(27,28)29)22(39)33(16)2)23(40)35(20(14)37)10-13-6-4-7-15(26)18(13)25(30,31)32/h4-9,11H,3,10,12H2,1-2H3. The monoisotopic (exact) mass is 604 g/mol. The van der Waals surface area contributed by atoms with E-state index in [1.807, 2.05) is 0 Å². The summed E-state index contributed by atoms with van der Waals surface area (Å²) in [7, 11) is 1.20. The summed E-state index contributed by atoms with van der Waals surface area (Å²) in [6.07, 6.45) is -9.13. The van der Waals surface area contributed by atoms with Crippen LogP contribution in [0.4, 0.5) is 26.3 Å². The first-order valence-electron chi connectivity index (χ1n) is 11.7. The Hall–Kier alpha value is -4.27. The molecule has 2 heterocycles. The molecule has 0 aliphatic rings. The average molecular weight is 605 g/mol. The summed E-state index contributed by atoms with van der Waals surface area (Å²) in [5.74, 6) is -1.24. The van der Waals surface area contributed by atoms with Crippen LogP contribution < -0.4 is 16.9 Å². The second kappa shape index (κ2) is 10.6. The van der Waals surface area contributed by atoms with E-state index in [-0.39, 0.29) is 23.3 Å². The van der Waals surface area contributed by atoms with Crippen LogP contribution in [0.2, 0.25) is 5.02 Å². The molecule has 2 aromatic carbocycles. The molecule has 0 saturated carbocycles. The van der Waals surface area contributed by atoms with E-state index in [4.69, 9.17) is 16.3 Å². The van der Waals surface area contributed by atoms with Crippen LogP contribution in [0.5, 0.6) is 0 Å². The molecule has 0 amide bonds.